The van der Waals surface area contributed by atoms with Gasteiger partial charge in [0.25, 0.3) is 5.91 Å². The van der Waals surface area contributed by atoms with Crippen molar-refractivity contribution in [2.45, 2.75) is 27.2 Å². The van der Waals surface area contributed by atoms with E-state index in [1.807, 2.05) is 37.3 Å². The SMILES string of the molecule is CCOc1cc(/C=C(\C#N)C(=O)Nc2ccccc2)cc(Cl)c1Cc1cc(C)cc(C)c1. The molecule has 0 spiro atoms. The van der Waals surface area contributed by atoms with E-state index in [0.717, 1.165) is 11.1 Å². The van der Waals surface area contributed by atoms with Crippen LogP contribution in [0, 0.1) is 25.2 Å². The van der Waals surface area contributed by atoms with E-state index >= 15 is 0 Å². The summed E-state index contributed by atoms with van der Waals surface area (Å²) in [6, 6.07) is 21.0. The van der Waals surface area contributed by atoms with Gasteiger partial charge in [-0.3, -0.25) is 4.79 Å². The molecule has 3 aromatic rings. The Labute approximate surface area is 194 Å². The zero-order valence-corrected chi connectivity index (χ0v) is 19.2. The highest BCUT2D eigenvalue weighted by Crippen LogP contribution is 2.32. The fourth-order valence-electron chi connectivity index (χ4n) is 3.58. The lowest BCUT2D eigenvalue weighted by molar-refractivity contribution is -0.112. The Morgan fingerprint density at radius 2 is 1.78 bits per heavy atom. The Morgan fingerprint density at radius 3 is 2.41 bits per heavy atom. The number of ether oxygens (including phenoxy) is 1. The number of nitriles is 1. The minimum atomic E-state index is -0.480. The van der Waals surface area contributed by atoms with Crippen LogP contribution in [0.3, 0.4) is 0 Å². The topological polar surface area (TPSA) is 62.1 Å². The Balaban J connectivity index is 1.93. The quantitative estimate of drug-likeness (QED) is 0.334. The molecule has 0 radical (unpaired) electrons. The van der Waals surface area contributed by atoms with Crippen molar-refractivity contribution in [3.05, 3.63) is 99.1 Å². The summed E-state index contributed by atoms with van der Waals surface area (Å²) < 4.78 is 5.87. The van der Waals surface area contributed by atoms with Crippen LogP contribution in [0.1, 0.15) is 34.7 Å². The zero-order chi connectivity index (χ0) is 23.1. The predicted molar refractivity (Wildman–Crippen MR) is 130 cm³/mol. The number of rotatable bonds is 7. The fraction of sp³-hybridized carbons (Fsp3) is 0.185. The van der Waals surface area contributed by atoms with E-state index in [2.05, 4.69) is 37.4 Å². The first-order valence-electron chi connectivity index (χ1n) is 10.4. The maximum atomic E-state index is 12.5. The number of nitrogens with one attached hydrogen (secondary N) is 1. The highest BCUT2D eigenvalue weighted by molar-refractivity contribution is 6.31. The number of anilines is 1. The second-order valence-electron chi connectivity index (χ2n) is 7.58. The third kappa shape index (κ3) is 6.00. The van der Waals surface area contributed by atoms with Gasteiger partial charge in [0.1, 0.15) is 17.4 Å². The molecule has 1 amide bonds. The molecule has 3 rings (SSSR count). The summed E-state index contributed by atoms with van der Waals surface area (Å²) in [5, 5.41) is 12.8. The molecule has 162 valence electrons. The zero-order valence-electron chi connectivity index (χ0n) is 18.4. The maximum absolute atomic E-state index is 12.5. The number of hydrogen-bond donors (Lipinski definition) is 1. The number of hydrogen-bond acceptors (Lipinski definition) is 3. The van der Waals surface area contributed by atoms with Crippen LogP contribution >= 0.6 is 11.6 Å². The summed E-state index contributed by atoms with van der Waals surface area (Å²) in [5.74, 6) is 0.165. The molecule has 0 aromatic heterocycles. The minimum Gasteiger partial charge on any atom is -0.494 e. The van der Waals surface area contributed by atoms with Gasteiger partial charge in [0.2, 0.25) is 0 Å². The number of aryl methyl sites for hydroxylation is 2. The predicted octanol–water partition coefficient (Wildman–Crippen LogP) is 6.49. The lowest BCUT2D eigenvalue weighted by Crippen LogP contribution is -2.13. The first-order valence-corrected chi connectivity index (χ1v) is 10.8. The Hall–Kier alpha value is -3.55. The Bertz CT molecular complexity index is 1170. The van der Waals surface area contributed by atoms with Crippen molar-refractivity contribution in [1.82, 2.24) is 0 Å². The molecule has 0 atom stereocenters. The summed E-state index contributed by atoms with van der Waals surface area (Å²) >= 11 is 6.64. The molecule has 0 heterocycles. The van der Waals surface area contributed by atoms with Crippen LogP contribution in [0.4, 0.5) is 5.69 Å². The van der Waals surface area contributed by atoms with Crippen LogP contribution in [-0.4, -0.2) is 12.5 Å². The van der Waals surface area contributed by atoms with Gasteiger partial charge in [0.15, 0.2) is 0 Å². The van der Waals surface area contributed by atoms with E-state index in [-0.39, 0.29) is 5.57 Å². The van der Waals surface area contributed by atoms with Crippen LogP contribution in [0.25, 0.3) is 6.08 Å². The number of benzene rings is 3. The van der Waals surface area contributed by atoms with Crippen LogP contribution < -0.4 is 10.1 Å². The number of nitrogens with zero attached hydrogens (tertiary/aromatic N) is 1. The monoisotopic (exact) mass is 444 g/mol. The van der Waals surface area contributed by atoms with Gasteiger partial charge in [0.05, 0.1) is 6.61 Å². The molecular weight excluding hydrogens is 420 g/mol. The molecule has 0 saturated heterocycles. The molecule has 0 aliphatic heterocycles. The second-order valence-corrected chi connectivity index (χ2v) is 7.98. The van der Waals surface area contributed by atoms with Crippen molar-refractivity contribution in [3.8, 4) is 11.8 Å². The van der Waals surface area contributed by atoms with Gasteiger partial charge in [-0.2, -0.15) is 5.26 Å². The lowest BCUT2D eigenvalue weighted by atomic mass is 9.98. The number of carbonyl (C=O) groups is 1. The number of amides is 1. The molecule has 0 aliphatic rings. The fourth-order valence-corrected chi connectivity index (χ4v) is 3.87. The largest absolute Gasteiger partial charge is 0.494 e. The molecule has 0 unspecified atom stereocenters. The third-order valence-electron chi connectivity index (χ3n) is 4.85. The van der Waals surface area contributed by atoms with Crippen molar-refractivity contribution in [3.63, 3.8) is 0 Å². The van der Waals surface area contributed by atoms with Gasteiger partial charge in [0, 0.05) is 22.7 Å². The standard InChI is InChI=1S/C27H25ClN2O2/c1-4-32-26-16-21(13-22(17-29)27(31)30-23-8-6-5-7-9-23)15-25(28)24(26)14-20-11-18(2)10-19(3)12-20/h5-13,15-16H,4,14H2,1-3H3,(H,30,31)/b22-13+. The molecule has 1 N–H and O–H groups in total. The van der Waals surface area contributed by atoms with E-state index in [1.165, 1.54) is 17.2 Å². The Morgan fingerprint density at radius 1 is 1.09 bits per heavy atom. The smallest absolute Gasteiger partial charge is 0.266 e. The van der Waals surface area contributed by atoms with Crippen LogP contribution in [0.2, 0.25) is 5.02 Å². The van der Waals surface area contributed by atoms with E-state index in [0.29, 0.717) is 35.1 Å². The summed E-state index contributed by atoms with van der Waals surface area (Å²) in [6.45, 7) is 6.52. The third-order valence-corrected chi connectivity index (χ3v) is 5.18. The number of para-hydroxylation sites is 1. The molecular formula is C27H25ClN2O2. The van der Waals surface area contributed by atoms with Crippen molar-refractivity contribution in [2.75, 3.05) is 11.9 Å². The molecule has 0 aliphatic carbocycles. The summed E-state index contributed by atoms with van der Waals surface area (Å²) in [4.78, 5) is 12.5. The van der Waals surface area contributed by atoms with Gasteiger partial charge < -0.3 is 10.1 Å². The molecule has 0 saturated carbocycles. The van der Waals surface area contributed by atoms with Gasteiger partial charge >= 0.3 is 0 Å². The van der Waals surface area contributed by atoms with E-state index in [4.69, 9.17) is 16.3 Å². The molecule has 0 bridgehead atoms. The average molecular weight is 445 g/mol. The molecule has 0 fully saturated rings. The molecule has 3 aromatic carbocycles. The normalized spacial score (nSPS) is 11.0. The summed E-state index contributed by atoms with van der Waals surface area (Å²) in [5.41, 5.74) is 5.64. The summed E-state index contributed by atoms with van der Waals surface area (Å²) in [6.07, 6.45) is 2.15. The van der Waals surface area contributed by atoms with Gasteiger partial charge in [-0.05, 0) is 62.2 Å². The average Bonchev–Trinajstić information content (AvgIpc) is 2.74. The first kappa shape index (κ1) is 23.1. The van der Waals surface area contributed by atoms with E-state index in [1.54, 1.807) is 18.2 Å². The highest BCUT2D eigenvalue weighted by Gasteiger charge is 2.14. The van der Waals surface area contributed by atoms with Crippen LogP contribution in [0.5, 0.6) is 5.75 Å². The lowest BCUT2D eigenvalue weighted by Gasteiger charge is -2.14. The second kappa shape index (κ2) is 10.7. The highest BCUT2D eigenvalue weighted by atomic mass is 35.5. The van der Waals surface area contributed by atoms with Crippen LogP contribution in [0.15, 0.2) is 66.2 Å². The Kier molecular flexibility index (Phi) is 7.70. The van der Waals surface area contributed by atoms with Gasteiger partial charge in [-0.15, -0.1) is 0 Å². The summed E-state index contributed by atoms with van der Waals surface area (Å²) in [7, 11) is 0. The van der Waals surface area contributed by atoms with Crippen molar-refractivity contribution >= 4 is 29.3 Å². The van der Waals surface area contributed by atoms with E-state index < -0.39 is 5.91 Å². The first-order chi connectivity index (χ1) is 15.4. The van der Waals surface area contributed by atoms with Crippen molar-refractivity contribution in [1.29, 1.82) is 5.26 Å². The maximum Gasteiger partial charge on any atom is 0.266 e. The number of halogens is 1. The van der Waals surface area contributed by atoms with E-state index in [9.17, 15) is 10.1 Å². The van der Waals surface area contributed by atoms with Crippen molar-refractivity contribution in [2.24, 2.45) is 0 Å². The molecule has 5 heteroatoms. The minimum absolute atomic E-state index is 0.0190. The van der Waals surface area contributed by atoms with Crippen LogP contribution in [-0.2, 0) is 11.2 Å². The number of carbonyl (C=O) groups excluding carboxylic acids is 1. The van der Waals surface area contributed by atoms with Gasteiger partial charge in [-0.25, -0.2) is 0 Å². The molecule has 32 heavy (non-hydrogen) atoms. The van der Waals surface area contributed by atoms with Gasteiger partial charge in [-0.1, -0.05) is 59.1 Å². The van der Waals surface area contributed by atoms with Crippen molar-refractivity contribution < 1.29 is 9.53 Å². The molecule has 4 nitrogen and oxygen atoms in total.